The molecule has 0 spiro atoms. The van der Waals surface area contributed by atoms with E-state index in [2.05, 4.69) is 20.9 Å². The van der Waals surface area contributed by atoms with E-state index < -0.39 is 54.3 Å². The molecule has 0 heterocycles. The number of carboxylic acids is 2. The van der Waals surface area contributed by atoms with Crippen LogP contribution in [0.1, 0.15) is 31.2 Å². The molecule has 1 rings (SSSR count). The maximum atomic E-state index is 12.9. The van der Waals surface area contributed by atoms with Crippen LogP contribution in [0.5, 0.6) is 0 Å². The maximum Gasteiger partial charge on any atom is 0.326 e. The summed E-state index contributed by atoms with van der Waals surface area (Å²) in [5.41, 5.74) is 16.8. The van der Waals surface area contributed by atoms with Gasteiger partial charge >= 0.3 is 11.9 Å². The fourth-order valence-corrected chi connectivity index (χ4v) is 3.05. The lowest BCUT2D eigenvalue weighted by Crippen LogP contribution is -2.54. The molecule has 3 amide bonds. The lowest BCUT2D eigenvalue weighted by atomic mass is 10.0. The van der Waals surface area contributed by atoms with Crippen LogP contribution in [-0.2, 0) is 30.4 Å². The second kappa shape index (κ2) is 15.7. The van der Waals surface area contributed by atoms with Crippen molar-refractivity contribution < 1.29 is 34.2 Å². The number of carbonyl (C=O) groups is 5. The monoisotopic (exact) mass is 507 g/mol. The summed E-state index contributed by atoms with van der Waals surface area (Å²) in [4.78, 5) is 63.3. The first-order valence-corrected chi connectivity index (χ1v) is 11.2. The molecule has 36 heavy (non-hydrogen) atoms. The van der Waals surface area contributed by atoms with E-state index in [1.54, 1.807) is 30.3 Å². The Labute approximate surface area is 207 Å². The van der Waals surface area contributed by atoms with Gasteiger partial charge in [0.25, 0.3) is 0 Å². The van der Waals surface area contributed by atoms with Gasteiger partial charge in [-0.2, -0.15) is 0 Å². The largest absolute Gasteiger partial charge is 0.481 e. The highest BCUT2D eigenvalue weighted by molar-refractivity contribution is 5.92. The summed E-state index contributed by atoms with van der Waals surface area (Å²) in [7, 11) is 0. The molecule has 0 radical (unpaired) electrons. The van der Waals surface area contributed by atoms with Gasteiger partial charge in [0.1, 0.15) is 12.1 Å². The number of nitrogens with zero attached hydrogens (tertiary/aromatic N) is 1. The molecule has 198 valence electrons. The minimum absolute atomic E-state index is 0.0497. The minimum Gasteiger partial charge on any atom is -0.481 e. The van der Waals surface area contributed by atoms with Crippen molar-refractivity contribution in [2.24, 2.45) is 22.2 Å². The van der Waals surface area contributed by atoms with E-state index in [-0.39, 0.29) is 38.2 Å². The molecule has 14 nitrogen and oxygen atoms in total. The zero-order valence-electron chi connectivity index (χ0n) is 19.7. The third kappa shape index (κ3) is 12.3. The molecular weight excluding hydrogens is 474 g/mol. The summed E-state index contributed by atoms with van der Waals surface area (Å²) in [6.45, 7) is -0.334. The number of aliphatic carboxylic acids is 2. The third-order valence-corrected chi connectivity index (χ3v) is 4.92. The van der Waals surface area contributed by atoms with E-state index in [1.807, 2.05) is 0 Å². The number of guanidine groups is 1. The van der Waals surface area contributed by atoms with Crippen LogP contribution in [0.2, 0.25) is 0 Å². The van der Waals surface area contributed by atoms with E-state index in [1.165, 1.54) is 0 Å². The van der Waals surface area contributed by atoms with Crippen LogP contribution in [-0.4, -0.2) is 77.0 Å². The highest BCUT2D eigenvalue weighted by Gasteiger charge is 2.27. The van der Waals surface area contributed by atoms with E-state index >= 15 is 0 Å². The molecule has 0 fully saturated rings. The highest BCUT2D eigenvalue weighted by atomic mass is 16.4. The Bertz CT molecular complexity index is 936. The number of hydrogen-bond donors (Lipinski definition) is 8. The van der Waals surface area contributed by atoms with Crippen LogP contribution in [0.25, 0.3) is 0 Å². The first-order chi connectivity index (χ1) is 17.0. The van der Waals surface area contributed by atoms with Crippen molar-refractivity contribution in [3.63, 3.8) is 0 Å². The molecule has 0 aliphatic carbocycles. The molecule has 0 saturated heterocycles. The van der Waals surface area contributed by atoms with Crippen molar-refractivity contribution in [3.05, 3.63) is 35.9 Å². The summed E-state index contributed by atoms with van der Waals surface area (Å²) < 4.78 is 0. The standard InChI is InChI=1S/C22H33N7O7/c23-14(8-9-18(31)32)19(33)27-12-17(30)28-16(11-13-5-2-1-3-6-13)20(34)29-15(21(35)36)7-4-10-26-22(24)25/h1-3,5-6,14-16H,4,7-12,23H2,(H,27,33)(H,28,30)(H,29,34)(H,31,32)(H,35,36)(H4,24,25,26). The van der Waals surface area contributed by atoms with E-state index in [0.29, 0.717) is 12.0 Å². The first kappa shape index (κ1) is 29.8. The fraction of sp³-hybridized carbons (Fsp3) is 0.455. The first-order valence-electron chi connectivity index (χ1n) is 11.2. The average Bonchev–Trinajstić information content (AvgIpc) is 2.82. The maximum absolute atomic E-state index is 12.9. The van der Waals surface area contributed by atoms with Gasteiger partial charge in [0.05, 0.1) is 12.6 Å². The van der Waals surface area contributed by atoms with Gasteiger partial charge in [0, 0.05) is 19.4 Å². The van der Waals surface area contributed by atoms with Crippen molar-refractivity contribution in [2.45, 2.75) is 50.2 Å². The van der Waals surface area contributed by atoms with Gasteiger partial charge in [-0.3, -0.25) is 24.2 Å². The van der Waals surface area contributed by atoms with Crippen LogP contribution >= 0.6 is 0 Å². The fourth-order valence-electron chi connectivity index (χ4n) is 3.05. The SMILES string of the molecule is NC(N)=NCCCC(NC(=O)C(Cc1ccccc1)NC(=O)CNC(=O)C(N)CCC(=O)O)C(=O)O. The molecule has 3 unspecified atom stereocenters. The van der Waals surface area contributed by atoms with E-state index in [9.17, 15) is 29.1 Å². The molecule has 14 heteroatoms. The number of nitrogens with two attached hydrogens (primary N) is 3. The number of rotatable bonds is 16. The van der Waals surface area contributed by atoms with Crippen LogP contribution in [0.4, 0.5) is 0 Å². The Kier molecular flexibility index (Phi) is 13.0. The van der Waals surface area contributed by atoms with Crippen LogP contribution in [0.15, 0.2) is 35.3 Å². The number of hydrogen-bond acceptors (Lipinski definition) is 7. The normalized spacial score (nSPS) is 12.9. The molecule has 0 aromatic heterocycles. The number of aliphatic imine (C=N–C) groups is 1. The Morgan fingerprint density at radius 3 is 2.17 bits per heavy atom. The van der Waals surface area contributed by atoms with Gasteiger partial charge in [-0.1, -0.05) is 30.3 Å². The quantitative estimate of drug-likeness (QED) is 0.0671. The Morgan fingerprint density at radius 1 is 0.917 bits per heavy atom. The molecule has 0 aliphatic rings. The van der Waals surface area contributed by atoms with E-state index in [0.717, 1.165) is 0 Å². The number of benzene rings is 1. The van der Waals surface area contributed by atoms with Gasteiger partial charge in [0.15, 0.2) is 5.96 Å². The van der Waals surface area contributed by atoms with Crippen molar-refractivity contribution in [2.75, 3.05) is 13.1 Å². The van der Waals surface area contributed by atoms with Crippen molar-refractivity contribution in [3.8, 4) is 0 Å². The zero-order chi connectivity index (χ0) is 27.1. The Hall–Kier alpha value is -4.20. The summed E-state index contributed by atoms with van der Waals surface area (Å²) in [5, 5.41) is 25.3. The lowest BCUT2D eigenvalue weighted by Gasteiger charge is -2.22. The van der Waals surface area contributed by atoms with Crippen LogP contribution < -0.4 is 33.2 Å². The predicted molar refractivity (Wildman–Crippen MR) is 129 cm³/mol. The number of carbonyl (C=O) groups excluding carboxylic acids is 3. The number of nitrogens with one attached hydrogen (secondary N) is 3. The average molecular weight is 508 g/mol. The number of carboxylic acid groups (broad SMARTS) is 2. The number of amides is 3. The second-order valence-corrected chi connectivity index (χ2v) is 7.91. The van der Waals surface area contributed by atoms with Crippen molar-refractivity contribution >= 4 is 35.6 Å². The van der Waals surface area contributed by atoms with Crippen LogP contribution in [0.3, 0.4) is 0 Å². The molecule has 3 atom stereocenters. The molecule has 1 aromatic carbocycles. The highest BCUT2D eigenvalue weighted by Crippen LogP contribution is 2.06. The second-order valence-electron chi connectivity index (χ2n) is 7.91. The Balaban J connectivity index is 2.80. The van der Waals surface area contributed by atoms with Gasteiger partial charge in [-0.25, -0.2) is 4.79 Å². The predicted octanol–water partition coefficient (Wildman–Crippen LogP) is -2.35. The topological polar surface area (TPSA) is 252 Å². The molecule has 1 aromatic rings. The molecular formula is C22H33N7O7. The smallest absolute Gasteiger partial charge is 0.326 e. The minimum atomic E-state index is -1.26. The summed E-state index contributed by atoms with van der Waals surface area (Å²) >= 11 is 0. The molecule has 11 N–H and O–H groups in total. The van der Waals surface area contributed by atoms with Crippen LogP contribution in [0, 0.1) is 0 Å². The van der Waals surface area contributed by atoms with Crippen molar-refractivity contribution in [1.82, 2.24) is 16.0 Å². The summed E-state index contributed by atoms with van der Waals surface area (Å²) in [6, 6.07) is 5.23. The van der Waals surface area contributed by atoms with Gasteiger partial charge in [-0.05, 0) is 24.8 Å². The van der Waals surface area contributed by atoms with E-state index in [4.69, 9.17) is 22.3 Å². The summed E-state index contributed by atoms with van der Waals surface area (Å²) in [6.07, 6.45) is -0.0175. The molecule has 0 bridgehead atoms. The third-order valence-electron chi connectivity index (χ3n) is 4.92. The van der Waals surface area contributed by atoms with Gasteiger partial charge < -0.3 is 43.4 Å². The molecule has 0 aliphatic heterocycles. The van der Waals surface area contributed by atoms with Gasteiger partial charge in [0.2, 0.25) is 17.7 Å². The van der Waals surface area contributed by atoms with Crippen molar-refractivity contribution in [1.29, 1.82) is 0 Å². The Morgan fingerprint density at radius 2 is 1.58 bits per heavy atom. The lowest BCUT2D eigenvalue weighted by molar-refractivity contribution is -0.142. The zero-order valence-corrected chi connectivity index (χ0v) is 19.7. The van der Waals surface area contributed by atoms with Gasteiger partial charge in [-0.15, -0.1) is 0 Å². The summed E-state index contributed by atoms with van der Waals surface area (Å²) in [5.74, 6) is -4.67. The molecule has 0 saturated carbocycles.